The Bertz CT molecular complexity index is 506. The number of aliphatic hydroxyl groups is 1. The van der Waals surface area contributed by atoms with Gasteiger partial charge in [-0.3, -0.25) is 0 Å². The zero-order valence-electron chi connectivity index (χ0n) is 10.8. The average Bonchev–Trinajstić information content (AvgIpc) is 2.92. The second-order valence-corrected chi connectivity index (χ2v) is 4.95. The minimum atomic E-state index is -0.854. The van der Waals surface area contributed by atoms with Crippen molar-refractivity contribution in [1.82, 2.24) is 5.32 Å². The zero-order chi connectivity index (χ0) is 13.9. The van der Waals surface area contributed by atoms with Gasteiger partial charge in [-0.2, -0.15) is 0 Å². The Hall–Kier alpha value is -1.63. The van der Waals surface area contributed by atoms with Gasteiger partial charge in [0.15, 0.2) is 6.29 Å². The standard InChI is InChI=1S/C13H16N4O3/c14-17-16-10-9-7-19-13(20-9)12(18)11(10)15-6-8-4-2-1-3-5-8/h1-5,9-13,15,18H,6-7H2/t9-,10-,11+,12-,13-/m1/s1. The number of rotatable bonds is 4. The first-order valence-electron chi connectivity index (χ1n) is 6.56. The molecule has 0 aliphatic carbocycles. The monoisotopic (exact) mass is 276 g/mol. The molecule has 3 rings (SSSR count). The minimum absolute atomic E-state index is 0.299. The summed E-state index contributed by atoms with van der Waals surface area (Å²) < 4.78 is 10.8. The maximum Gasteiger partial charge on any atom is 0.185 e. The molecule has 0 aromatic heterocycles. The van der Waals surface area contributed by atoms with Gasteiger partial charge in [-0.05, 0) is 11.1 Å². The highest BCUT2D eigenvalue weighted by Crippen LogP contribution is 2.30. The molecule has 20 heavy (non-hydrogen) atoms. The van der Waals surface area contributed by atoms with Crippen LogP contribution in [-0.2, 0) is 16.0 Å². The molecule has 0 radical (unpaired) electrons. The third-order valence-electron chi connectivity index (χ3n) is 3.70. The lowest BCUT2D eigenvalue weighted by atomic mass is 9.95. The van der Waals surface area contributed by atoms with Crippen LogP contribution >= 0.6 is 0 Å². The van der Waals surface area contributed by atoms with E-state index in [0.29, 0.717) is 13.2 Å². The Morgan fingerprint density at radius 2 is 2.20 bits per heavy atom. The Balaban J connectivity index is 1.73. The molecule has 2 bridgehead atoms. The zero-order valence-corrected chi connectivity index (χ0v) is 10.8. The molecule has 0 saturated carbocycles. The lowest BCUT2D eigenvalue weighted by molar-refractivity contribution is -0.169. The van der Waals surface area contributed by atoms with E-state index in [4.69, 9.17) is 15.0 Å². The van der Waals surface area contributed by atoms with Crippen molar-refractivity contribution in [3.63, 3.8) is 0 Å². The van der Waals surface area contributed by atoms with Crippen LogP contribution in [0.15, 0.2) is 35.4 Å². The van der Waals surface area contributed by atoms with Crippen molar-refractivity contribution in [1.29, 1.82) is 0 Å². The smallest absolute Gasteiger partial charge is 0.185 e. The van der Waals surface area contributed by atoms with Crippen LogP contribution in [0.5, 0.6) is 0 Å². The summed E-state index contributed by atoms with van der Waals surface area (Å²) in [6, 6.07) is 8.99. The first-order chi connectivity index (χ1) is 9.79. The Labute approximate surface area is 116 Å². The van der Waals surface area contributed by atoms with Gasteiger partial charge >= 0.3 is 0 Å². The van der Waals surface area contributed by atoms with Gasteiger partial charge in [0.05, 0.1) is 18.8 Å². The predicted molar refractivity (Wildman–Crippen MR) is 70.6 cm³/mol. The molecule has 1 aromatic carbocycles. The van der Waals surface area contributed by atoms with Crippen LogP contribution in [0, 0.1) is 0 Å². The number of hydrogen-bond donors (Lipinski definition) is 2. The van der Waals surface area contributed by atoms with Gasteiger partial charge in [-0.1, -0.05) is 35.4 Å². The van der Waals surface area contributed by atoms with Crippen molar-refractivity contribution in [2.45, 2.75) is 37.1 Å². The van der Waals surface area contributed by atoms with Gasteiger partial charge in [0, 0.05) is 17.5 Å². The molecule has 7 nitrogen and oxygen atoms in total. The molecule has 2 fully saturated rings. The summed E-state index contributed by atoms with van der Waals surface area (Å²) in [5.41, 5.74) is 9.78. The summed E-state index contributed by atoms with van der Waals surface area (Å²) >= 11 is 0. The van der Waals surface area contributed by atoms with Crippen LogP contribution in [0.2, 0.25) is 0 Å². The molecule has 2 aliphatic rings. The number of benzene rings is 1. The molecule has 2 N–H and O–H groups in total. The van der Waals surface area contributed by atoms with Crippen molar-refractivity contribution >= 4 is 0 Å². The van der Waals surface area contributed by atoms with Crippen LogP contribution in [0.1, 0.15) is 5.56 Å². The summed E-state index contributed by atoms with van der Waals surface area (Å²) in [6.45, 7) is 0.925. The van der Waals surface area contributed by atoms with Gasteiger partial charge in [0.1, 0.15) is 6.10 Å². The Kier molecular flexibility index (Phi) is 3.86. The van der Waals surface area contributed by atoms with Gasteiger partial charge in [-0.15, -0.1) is 0 Å². The topological polar surface area (TPSA) is 99.5 Å². The van der Waals surface area contributed by atoms with Crippen LogP contribution < -0.4 is 5.32 Å². The predicted octanol–water partition coefficient (Wildman–Crippen LogP) is 0.940. The van der Waals surface area contributed by atoms with Crippen LogP contribution in [-0.4, -0.2) is 42.3 Å². The maximum atomic E-state index is 10.2. The summed E-state index contributed by atoms with van der Waals surface area (Å²) in [5, 5.41) is 17.2. The van der Waals surface area contributed by atoms with E-state index in [-0.39, 0.29) is 12.1 Å². The number of hydrogen-bond acceptors (Lipinski definition) is 5. The van der Waals surface area contributed by atoms with Gasteiger partial charge in [0.2, 0.25) is 0 Å². The molecule has 2 saturated heterocycles. The van der Waals surface area contributed by atoms with E-state index in [2.05, 4.69) is 15.3 Å². The summed E-state index contributed by atoms with van der Waals surface area (Å²) in [4.78, 5) is 2.85. The minimum Gasteiger partial charge on any atom is -0.386 e. The first-order valence-corrected chi connectivity index (χ1v) is 6.56. The van der Waals surface area contributed by atoms with E-state index in [9.17, 15) is 5.11 Å². The summed E-state index contributed by atoms with van der Waals surface area (Å²) in [6.07, 6.45) is -1.79. The van der Waals surface area contributed by atoms with Crippen molar-refractivity contribution < 1.29 is 14.6 Å². The second kappa shape index (κ2) is 5.78. The lowest BCUT2D eigenvalue weighted by Crippen LogP contribution is -2.59. The van der Waals surface area contributed by atoms with Crippen molar-refractivity contribution in [2.75, 3.05) is 6.61 Å². The fraction of sp³-hybridized carbons (Fsp3) is 0.538. The molecule has 2 aliphatic heterocycles. The number of aliphatic hydroxyl groups excluding tert-OH is 1. The Morgan fingerprint density at radius 3 is 2.95 bits per heavy atom. The highest BCUT2D eigenvalue weighted by atomic mass is 16.7. The van der Waals surface area contributed by atoms with Crippen molar-refractivity contribution in [2.24, 2.45) is 5.11 Å². The summed E-state index contributed by atoms with van der Waals surface area (Å²) in [7, 11) is 0. The molecule has 7 heteroatoms. The van der Waals surface area contributed by atoms with E-state index in [0.717, 1.165) is 5.56 Å². The molecule has 0 spiro atoms. The van der Waals surface area contributed by atoms with Crippen molar-refractivity contribution in [3.05, 3.63) is 46.3 Å². The van der Waals surface area contributed by atoms with Crippen LogP contribution in [0.3, 0.4) is 0 Å². The maximum absolute atomic E-state index is 10.2. The van der Waals surface area contributed by atoms with E-state index in [1.807, 2.05) is 30.3 Å². The van der Waals surface area contributed by atoms with Crippen LogP contribution in [0.25, 0.3) is 10.4 Å². The molecule has 106 valence electrons. The molecule has 0 amide bonds. The fourth-order valence-corrected chi connectivity index (χ4v) is 2.68. The van der Waals surface area contributed by atoms with Gasteiger partial charge in [-0.25, -0.2) is 0 Å². The average molecular weight is 276 g/mol. The third kappa shape index (κ3) is 2.49. The Morgan fingerprint density at radius 1 is 1.40 bits per heavy atom. The highest BCUT2D eigenvalue weighted by Gasteiger charge is 2.49. The molecule has 1 aromatic rings. The van der Waals surface area contributed by atoms with E-state index in [1.165, 1.54) is 0 Å². The number of ether oxygens (including phenoxy) is 2. The van der Waals surface area contributed by atoms with Crippen LogP contribution in [0.4, 0.5) is 0 Å². The SMILES string of the molecule is [N-]=[N+]=N[C@H]1[C@H](NCc2ccccc2)[C@@H](O)[C@@H]2OC[C@H]1O2. The fourth-order valence-electron chi connectivity index (χ4n) is 2.68. The van der Waals surface area contributed by atoms with E-state index in [1.54, 1.807) is 0 Å². The second-order valence-electron chi connectivity index (χ2n) is 4.95. The molecule has 5 atom stereocenters. The lowest BCUT2D eigenvalue weighted by Gasteiger charge is -2.37. The van der Waals surface area contributed by atoms with Gasteiger partial charge < -0.3 is 19.9 Å². The molecular formula is C13H16N4O3. The number of nitrogens with zero attached hydrogens (tertiary/aromatic N) is 3. The van der Waals surface area contributed by atoms with E-state index < -0.39 is 18.4 Å². The largest absolute Gasteiger partial charge is 0.386 e. The van der Waals surface area contributed by atoms with E-state index >= 15 is 0 Å². The number of azide groups is 1. The highest BCUT2D eigenvalue weighted by molar-refractivity contribution is 5.15. The van der Waals surface area contributed by atoms with Crippen molar-refractivity contribution in [3.8, 4) is 0 Å². The third-order valence-corrected chi connectivity index (χ3v) is 3.70. The molecular weight excluding hydrogens is 260 g/mol. The number of fused-ring (bicyclic) bond motifs is 2. The van der Waals surface area contributed by atoms with Gasteiger partial charge in [0.25, 0.3) is 0 Å². The quantitative estimate of drug-likeness (QED) is 0.485. The number of nitrogens with one attached hydrogen (secondary N) is 1. The normalized spacial score (nSPS) is 35.5. The first kappa shape index (κ1) is 13.4. The summed E-state index contributed by atoms with van der Waals surface area (Å²) in [5.74, 6) is 0. The molecule has 2 heterocycles. The molecule has 0 unspecified atom stereocenters.